The summed E-state index contributed by atoms with van der Waals surface area (Å²) in [5.41, 5.74) is 5.74. The first-order valence-electron chi connectivity index (χ1n) is 5.25. The molecule has 0 amide bonds. The number of rotatable bonds is 3. The van der Waals surface area contributed by atoms with E-state index in [2.05, 4.69) is 4.98 Å². The van der Waals surface area contributed by atoms with E-state index in [9.17, 15) is 8.78 Å². The molecule has 1 aromatic carbocycles. The minimum Gasteiger partial charge on any atom is -0.338 e. The van der Waals surface area contributed by atoms with Crippen LogP contribution in [0.5, 0.6) is 0 Å². The van der Waals surface area contributed by atoms with Gasteiger partial charge in [-0.3, -0.25) is 0 Å². The lowest BCUT2D eigenvalue weighted by molar-refractivity contribution is 0.518. The lowest BCUT2D eigenvalue weighted by Crippen LogP contribution is -2.18. The van der Waals surface area contributed by atoms with E-state index in [1.54, 1.807) is 17.0 Å². The second kappa shape index (κ2) is 4.63. The summed E-state index contributed by atoms with van der Waals surface area (Å²) in [5, 5.41) is 0. The van der Waals surface area contributed by atoms with Crippen molar-refractivity contribution in [2.45, 2.75) is 12.5 Å². The van der Waals surface area contributed by atoms with Gasteiger partial charge in [-0.25, -0.2) is 13.8 Å². The lowest BCUT2D eigenvalue weighted by Gasteiger charge is -2.13. The van der Waals surface area contributed by atoms with Crippen molar-refractivity contribution in [3.05, 3.63) is 53.6 Å². The van der Waals surface area contributed by atoms with Crippen molar-refractivity contribution in [3.63, 3.8) is 0 Å². The molecule has 0 spiro atoms. The molecule has 0 saturated carbocycles. The minimum absolute atomic E-state index is 0.0875. The molecule has 2 N–H and O–H groups in total. The van der Waals surface area contributed by atoms with Gasteiger partial charge in [0, 0.05) is 37.5 Å². The normalized spacial score (nSPS) is 12.7. The minimum atomic E-state index is -0.739. The molecule has 1 aromatic heterocycles. The van der Waals surface area contributed by atoms with Crippen LogP contribution in [0.3, 0.4) is 0 Å². The molecule has 0 radical (unpaired) electrons. The van der Waals surface area contributed by atoms with Gasteiger partial charge in [-0.1, -0.05) is 6.07 Å². The summed E-state index contributed by atoms with van der Waals surface area (Å²) < 4.78 is 28.7. The van der Waals surface area contributed by atoms with Gasteiger partial charge in [0.1, 0.15) is 17.5 Å². The summed E-state index contributed by atoms with van der Waals surface area (Å²) >= 11 is 0. The van der Waals surface area contributed by atoms with Crippen molar-refractivity contribution in [3.8, 4) is 0 Å². The Kier molecular flexibility index (Phi) is 3.19. The molecule has 0 saturated heterocycles. The second-order valence-corrected chi connectivity index (χ2v) is 3.90. The van der Waals surface area contributed by atoms with Gasteiger partial charge in [0.25, 0.3) is 0 Å². The van der Waals surface area contributed by atoms with E-state index < -0.39 is 17.7 Å². The summed E-state index contributed by atoms with van der Waals surface area (Å²) in [6, 6.07) is 2.99. The van der Waals surface area contributed by atoms with Crippen LogP contribution in [-0.4, -0.2) is 9.55 Å². The molecule has 2 rings (SSSR count). The summed E-state index contributed by atoms with van der Waals surface area (Å²) in [4.78, 5) is 4.08. The third-order valence-corrected chi connectivity index (χ3v) is 2.69. The first kappa shape index (κ1) is 11.7. The van der Waals surface area contributed by atoms with E-state index in [0.29, 0.717) is 12.2 Å². The van der Waals surface area contributed by atoms with Gasteiger partial charge in [-0.05, 0) is 12.1 Å². The van der Waals surface area contributed by atoms with Gasteiger partial charge in [0.2, 0.25) is 0 Å². The van der Waals surface area contributed by atoms with Crippen LogP contribution < -0.4 is 5.73 Å². The number of hydrogen-bond donors (Lipinski definition) is 1. The smallest absolute Gasteiger partial charge is 0.130 e. The molecule has 1 unspecified atom stereocenters. The molecule has 2 aromatic rings. The Balaban J connectivity index is 2.26. The number of hydrogen-bond acceptors (Lipinski definition) is 2. The quantitative estimate of drug-likeness (QED) is 0.886. The molecule has 90 valence electrons. The van der Waals surface area contributed by atoms with Gasteiger partial charge in [0.05, 0.1) is 0 Å². The molecule has 5 heteroatoms. The molecule has 0 aliphatic rings. The summed E-state index contributed by atoms with van der Waals surface area (Å²) in [6.07, 6.45) is 3.68. The van der Waals surface area contributed by atoms with E-state index >= 15 is 0 Å². The predicted octanol–water partition coefficient (Wildman–Crippen LogP) is 1.94. The van der Waals surface area contributed by atoms with Gasteiger partial charge >= 0.3 is 0 Å². The number of nitrogens with zero attached hydrogens (tertiary/aromatic N) is 2. The van der Waals surface area contributed by atoms with E-state index in [0.717, 1.165) is 0 Å². The van der Waals surface area contributed by atoms with E-state index in [-0.39, 0.29) is 5.56 Å². The van der Waals surface area contributed by atoms with Crippen molar-refractivity contribution in [1.29, 1.82) is 0 Å². The first-order valence-corrected chi connectivity index (χ1v) is 5.25. The van der Waals surface area contributed by atoms with Crippen molar-refractivity contribution < 1.29 is 8.78 Å². The average Bonchev–Trinajstić information content (AvgIpc) is 2.64. The Hall–Kier alpha value is -1.75. The lowest BCUT2D eigenvalue weighted by atomic mass is 10.0. The molecule has 3 nitrogen and oxygen atoms in total. The number of nitrogens with two attached hydrogens (primary N) is 1. The van der Waals surface area contributed by atoms with Crippen LogP contribution in [0.4, 0.5) is 8.78 Å². The van der Waals surface area contributed by atoms with Crippen LogP contribution in [-0.2, 0) is 13.5 Å². The molecule has 0 bridgehead atoms. The van der Waals surface area contributed by atoms with Crippen molar-refractivity contribution in [2.24, 2.45) is 12.8 Å². The topological polar surface area (TPSA) is 43.8 Å². The van der Waals surface area contributed by atoms with Crippen LogP contribution >= 0.6 is 0 Å². The average molecular weight is 237 g/mol. The number of aromatic nitrogens is 2. The third kappa shape index (κ3) is 2.34. The van der Waals surface area contributed by atoms with Crippen LogP contribution in [0, 0.1) is 11.6 Å². The van der Waals surface area contributed by atoms with Gasteiger partial charge in [0.15, 0.2) is 0 Å². The maximum absolute atomic E-state index is 13.5. The molecule has 0 fully saturated rings. The zero-order valence-corrected chi connectivity index (χ0v) is 9.40. The fourth-order valence-electron chi connectivity index (χ4n) is 1.76. The first-order chi connectivity index (χ1) is 8.09. The summed E-state index contributed by atoms with van der Waals surface area (Å²) in [7, 11) is 1.81. The maximum Gasteiger partial charge on any atom is 0.130 e. The standard InChI is InChI=1S/C12H13F2N3/c1-17-6-5-16-11(17)7-10(15)12-8(13)3-2-4-9(12)14/h2-6,10H,7,15H2,1H3. The number of imidazole rings is 1. The van der Waals surface area contributed by atoms with Crippen molar-refractivity contribution in [1.82, 2.24) is 9.55 Å². The zero-order chi connectivity index (χ0) is 12.4. The molecule has 0 aliphatic heterocycles. The molecular formula is C12H13F2N3. The predicted molar refractivity (Wildman–Crippen MR) is 60.2 cm³/mol. The van der Waals surface area contributed by atoms with Gasteiger partial charge in [-0.2, -0.15) is 0 Å². The number of halogens is 2. The van der Waals surface area contributed by atoms with E-state index in [1.165, 1.54) is 18.2 Å². The molecular weight excluding hydrogens is 224 g/mol. The van der Waals surface area contributed by atoms with Crippen LogP contribution in [0.2, 0.25) is 0 Å². The SMILES string of the molecule is Cn1ccnc1CC(N)c1c(F)cccc1F. The maximum atomic E-state index is 13.5. The molecule has 1 atom stereocenters. The summed E-state index contributed by atoms with van der Waals surface area (Å²) in [6.45, 7) is 0. The van der Waals surface area contributed by atoms with E-state index in [4.69, 9.17) is 5.73 Å². The van der Waals surface area contributed by atoms with Crippen LogP contribution in [0.1, 0.15) is 17.4 Å². The van der Waals surface area contributed by atoms with Crippen LogP contribution in [0.25, 0.3) is 0 Å². The molecule has 1 heterocycles. The highest BCUT2D eigenvalue weighted by molar-refractivity contribution is 5.24. The van der Waals surface area contributed by atoms with Gasteiger partial charge in [-0.15, -0.1) is 0 Å². The Bertz CT molecular complexity index is 502. The van der Waals surface area contributed by atoms with E-state index in [1.807, 2.05) is 7.05 Å². The highest BCUT2D eigenvalue weighted by Gasteiger charge is 2.18. The fraction of sp³-hybridized carbons (Fsp3) is 0.250. The summed E-state index contributed by atoms with van der Waals surface area (Å²) in [5.74, 6) is -0.543. The number of aryl methyl sites for hydroxylation is 1. The third-order valence-electron chi connectivity index (χ3n) is 2.69. The monoisotopic (exact) mass is 237 g/mol. The Labute approximate surface area is 97.9 Å². The fourth-order valence-corrected chi connectivity index (χ4v) is 1.76. The Morgan fingerprint density at radius 2 is 2.00 bits per heavy atom. The second-order valence-electron chi connectivity index (χ2n) is 3.90. The van der Waals surface area contributed by atoms with Crippen molar-refractivity contribution >= 4 is 0 Å². The molecule has 17 heavy (non-hydrogen) atoms. The van der Waals surface area contributed by atoms with Crippen LogP contribution in [0.15, 0.2) is 30.6 Å². The Morgan fingerprint density at radius 3 is 2.53 bits per heavy atom. The largest absolute Gasteiger partial charge is 0.338 e. The highest BCUT2D eigenvalue weighted by Crippen LogP contribution is 2.21. The highest BCUT2D eigenvalue weighted by atomic mass is 19.1. The molecule has 0 aliphatic carbocycles. The van der Waals surface area contributed by atoms with Gasteiger partial charge < -0.3 is 10.3 Å². The number of benzene rings is 1. The Morgan fingerprint density at radius 1 is 1.35 bits per heavy atom. The zero-order valence-electron chi connectivity index (χ0n) is 9.40. The van der Waals surface area contributed by atoms with Crippen molar-refractivity contribution in [2.75, 3.05) is 0 Å².